The van der Waals surface area contributed by atoms with Crippen molar-refractivity contribution in [2.45, 2.75) is 19.9 Å². The average molecular weight is 378 g/mol. The van der Waals surface area contributed by atoms with Gasteiger partial charge in [-0.05, 0) is 60.2 Å². The smallest absolute Gasteiger partial charge is 0.251 e. The first-order valence-electron chi connectivity index (χ1n) is 6.49. The highest BCUT2D eigenvalue weighted by Crippen LogP contribution is 2.34. The predicted octanol–water partition coefficient (Wildman–Crippen LogP) is 4.01. The molecule has 0 saturated heterocycles. The van der Waals surface area contributed by atoms with Crippen LogP contribution in [0.2, 0.25) is 0 Å². The highest BCUT2D eigenvalue weighted by molar-refractivity contribution is 14.1. The highest BCUT2D eigenvalue weighted by atomic mass is 127. The highest BCUT2D eigenvalue weighted by Gasteiger charge is 2.30. The van der Waals surface area contributed by atoms with Crippen LogP contribution in [-0.2, 0) is 4.79 Å². The van der Waals surface area contributed by atoms with E-state index in [4.69, 9.17) is 0 Å². The van der Waals surface area contributed by atoms with E-state index < -0.39 is 0 Å². The SMILES string of the molecule is Cc1ccc2c(c1)C(Nc1ccc(C)c(I)c1)C(=O)N2. The molecule has 3 rings (SSSR count). The van der Waals surface area contributed by atoms with Crippen LogP contribution in [0.3, 0.4) is 0 Å². The lowest BCUT2D eigenvalue weighted by Gasteiger charge is -2.14. The van der Waals surface area contributed by atoms with Gasteiger partial charge in [0, 0.05) is 20.5 Å². The Bertz CT molecular complexity index is 697. The Labute approximate surface area is 131 Å². The molecule has 1 aliphatic rings. The molecule has 0 saturated carbocycles. The van der Waals surface area contributed by atoms with Crippen molar-refractivity contribution in [3.05, 3.63) is 56.7 Å². The molecule has 1 amide bonds. The van der Waals surface area contributed by atoms with Gasteiger partial charge in [0.15, 0.2) is 0 Å². The van der Waals surface area contributed by atoms with Crippen LogP contribution < -0.4 is 10.6 Å². The van der Waals surface area contributed by atoms with E-state index in [-0.39, 0.29) is 11.9 Å². The van der Waals surface area contributed by atoms with Gasteiger partial charge in [0.25, 0.3) is 5.91 Å². The summed E-state index contributed by atoms with van der Waals surface area (Å²) in [5.74, 6) is 0.00110. The Hall–Kier alpha value is -1.56. The van der Waals surface area contributed by atoms with E-state index in [1.54, 1.807) is 0 Å². The lowest BCUT2D eigenvalue weighted by Crippen LogP contribution is -2.19. The van der Waals surface area contributed by atoms with Gasteiger partial charge in [-0.25, -0.2) is 0 Å². The Morgan fingerprint density at radius 3 is 2.70 bits per heavy atom. The van der Waals surface area contributed by atoms with Gasteiger partial charge in [-0.1, -0.05) is 23.8 Å². The van der Waals surface area contributed by atoms with Crippen LogP contribution in [0.15, 0.2) is 36.4 Å². The van der Waals surface area contributed by atoms with E-state index in [9.17, 15) is 4.79 Å². The van der Waals surface area contributed by atoms with Crippen molar-refractivity contribution in [3.8, 4) is 0 Å². The third-order valence-electron chi connectivity index (χ3n) is 3.52. The molecule has 2 aromatic rings. The normalized spacial score (nSPS) is 16.8. The Balaban J connectivity index is 1.93. The molecular formula is C16H15IN2O. The van der Waals surface area contributed by atoms with E-state index in [2.05, 4.69) is 58.3 Å². The summed E-state index contributed by atoms with van der Waals surface area (Å²) < 4.78 is 1.19. The molecule has 20 heavy (non-hydrogen) atoms. The summed E-state index contributed by atoms with van der Waals surface area (Å²) in [6.07, 6.45) is 0. The largest absolute Gasteiger partial charge is 0.370 e. The molecule has 2 N–H and O–H groups in total. The maximum absolute atomic E-state index is 12.1. The number of carbonyl (C=O) groups excluding carboxylic acids is 1. The molecule has 0 spiro atoms. The number of rotatable bonds is 2. The van der Waals surface area contributed by atoms with Gasteiger partial charge in [0.05, 0.1) is 0 Å². The summed E-state index contributed by atoms with van der Waals surface area (Å²) in [7, 11) is 0. The van der Waals surface area contributed by atoms with Crippen LogP contribution in [-0.4, -0.2) is 5.91 Å². The zero-order valence-electron chi connectivity index (χ0n) is 11.3. The molecular weight excluding hydrogens is 363 g/mol. The molecule has 2 aromatic carbocycles. The van der Waals surface area contributed by atoms with Gasteiger partial charge >= 0.3 is 0 Å². The van der Waals surface area contributed by atoms with E-state index in [1.807, 2.05) is 25.1 Å². The van der Waals surface area contributed by atoms with Crippen LogP contribution in [0.25, 0.3) is 0 Å². The lowest BCUT2D eigenvalue weighted by molar-refractivity contribution is -0.116. The lowest BCUT2D eigenvalue weighted by atomic mass is 10.0. The van der Waals surface area contributed by atoms with Gasteiger partial charge in [0.2, 0.25) is 0 Å². The fraction of sp³-hybridized carbons (Fsp3) is 0.188. The molecule has 0 bridgehead atoms. The van der Waals surface area contributed by atoms with Crippen LogP contribution in [0.5, 0.6) is 0 Å². The number of fused-ring (bicyclic) bond motifs is 1. The zero-order valence-corrected chi connectivity index (χ0v) is 13.5. The first kappa shape index (κ1) is 13.4. The third-order valence-corrected chi connectivity index (χ3v) is 4.68. The predicted molar refractivity (Wildman–Crippen MR) is 90.1 cm³/mol. The molecule has 0 aromatic heterocycles. The topological polar surface area (TPSA) is 41.1 Å². The fourth-order valence-corrected chi connectivity index (χ4v) is 2.89. The van der Waals surface area contributed by atoms with Crippen molar-refractivity contribution >= 4 is 39.9 Å². The first-order chi connectivity index (χ1) is 9.54. The third kappa shape index (κ3) is 2.40. The van der Waals surface area contributed by atoms with Crippen molar-refractivity contribution in [1.29, 1.82) is 0 Å². The van der Waals surface area contributed by atoms with Gasteiger partial charge in [0.1, 0.15) is 6.04 Å². The van der Waals surface area contributed by atoms with Crippen molar-refractivity contribution in [2.24, 2.45) is 0 Å². The molecule has 1 aliphatic heterocycles. The minimum atomic E-state index is -0.316. The quantitative estimate of drug-likeness (QED) is 0.776. The number of aryl methyl sites for hydroxylation is 2. The minimum absolute atomic E-state index is 0.00110. The maximum Gasteiger partial charge on any atom is 0.251 e. The number of hydrogen-bond donors (Lipinski definition) is 2. The van der Waals surface area contributed by atoms with E-state index >= 15 is 0 Å². The van der Waals surface area contributed by atoms with Gasteiger partial charge in [-0.15, -0.1) is 0 Å². The zero-order chi connectivity index (χ0) is 14.3. The Morgan fingerprint density at radius 2 is 1.95 bits per heavy atom. The van der Waals surface area contributed by atoms with Crippen molar-refractivity contribution in [1.82, 2.24) is 0 Å². The summed E-state index contributed by atoms with van der Waals surface area (Å²) in [5, 5.41) is 6.24. The first-order valence-corrected chi connectivity index (χ1v) is 7.56. The average Bonchev–Trinajstić information content (AvgIpc) is 2.70. The maximum atomic E-state index is 12.1. The van der Waals surface area contributed by atoms with Gasteiger partial charge in [-0.3, -0.25) is 4.79 Å². The number of benzene rings is 2. The van der Waals surface area contributed by atoms with Crippen LogP contribution in [0.1, 0.15) is 22.7 Å². The number of hydrogen-bond acceptors (Lipinski definition) is 2. The molecule has 1 unspecified atom stereocenters. The minimum Gasteiger partial charge on any atom is -0.370 e. The standard InChI is InChI=1S/C16H15IN2O/c1-9-3-6-14-12(7-9)15(16(20)19-14)18-11-5-4-10(2)13(17)8-11/h3-8,15,18H,1-2H3,(H,19,20). The number of halogens is 1. The van der Waals surface area contributed by atoms with Gasteiger partial charge in [-0.2, -0.15) is 0 Å². The molecule has 0 aliphatic carbocycles. The molecule has 102 valence electrons. The summed E-state index contributed by atoms with van der Waals surface area (Å²) in [6.45, 7) is 4.11. The van der Waals surface area contributed by atoms with Crippen molar-refractivity contribution < 1.29 is 4.79 Å². The number of amides is 1. The molecule has 4 heteroatoms. The Kier molecular flexibility index (Phi) is 3.41. The van der Waals surface area contributed by atoms with Crippen LogP contribution >= 0.6 is 22.6 Å². The number of nitrogens with one attached hydrogen (secondary N) is 2. The molecule has 0 radical (unpaired) electrons. The number of carbonyl (C=O) groups is 1. The molecule has 1 atom stereocenters. The fourth-order valence-electron chi connectivity index (χ4n) is 2.37. The second-order valence-corrected chi connectivity index (χ2v) is 6.28. The monoisotopic (exact) mass is 378 g/mol. The van der Waals surface area contributed by atoms with E-state index in [1.165, 1.54) is 9.13 Å². The summed E-state index contributed by atoms with van der Waals surface area (Å²) in [4.78, 5) is 12.1. The summed E-state index contributed by atoms with van der Waals surface area (Å²) >= 11 is 2.31. The summed E-state index contributed by atoms with van der Waals surface area (Å²) in [6, 6.07) is 11.9. The van der Waals surface area contributed by atoms with Crippen LogP contribution in [0, 0.1) is 17.4 Å². The Morgan fingerprint density at radius 1 is 1.15 bits per heavy atom. The van der Waals surface area contributed by atoms with Crippen molar-refractivity contribution in [2.75, 3.05) is 10.6 Å². The van der Waals surface area contributed by atoms with Crippen LogP contribution in [0.4, 0.5) is 11.4 Å². The van der Waals surface area contributed by atoms with Crippen molar-refractivity contribution in [3.63, 3.8) is 0 Å². The van der Waals surface area contributed by atoms with E-state index in [0.717, 1.165) is 22.5 Å². The summed E-state index contributed by atoms with van der Waals surface area (Å²) in [5.41, 5.74) is 5.29. The van der Waals surface area contributed by atoms with Gasteiger partial charge < -0.3 is 10.6 Å². The number of anilines is 2. The van der Waals surface area contributed by atoms with E-state index in [0.29, 0.717) is 0 Å². The second kappa shape index (κ2) is 5.09. The molecule has 3 nitrogen and oxygen atoms in total. The molecule has 1 heterocycles. The second-order valence-electron chi connectivity index (χ2n) is 5.12. The molecule has 0 fully saturated rings.